The number of nitrogens with one attached hydrogen (secondary N) is 2. The highest BCUT2D eigenvalue weighted by Crippen LogP contribution is 2.31. The number of carbonyl (C=O) groups excluding carboxylic acids is 1. The maximum absolute atomic E-state index is 14.4. The van der Waals surface area contributed by atoms with Crippen LogP contribution in [0.5, 0.6) is 0 Å². The van der Waals surface area contributed by atoms with Gasteiger partial charge in [-0.05, 0) is 49.7 Å². The van der Waals surface area contributed by atoms with Crippen LogP contribution in [-0.4, -0.2) is 63.3 Å². The van der Waals surface area contributed by atoms with E-state index < -0.39 is 29.4 Å². The van der Waals surface area contributed by atoms with Gasteiger partial charge in [-0.2, -0.15) is 0 Å². The van der Waals surface area contributed by atoms with E-state index in [9.17, 15) is 13.6 Å². The maximum atomic E-state index is 14.4. The van der Waals surface area contributed by atoms with E-state index in [2.05, 4.69) is 25.8 Å². The highest BCUT2D eigenvalue weighted by molar-refractivity contribution is 5.95. The van der Waals surface area contributed by atoms with E-state index in [1.54, 1.807) is 43.3 Å². The van der Waals surface area contributed by atoms with Gasteiger partial charge < -0.3 is 20.8 Å². The van der Waals surface area contributed by atoms with Gasteiger partial charge in [-0.1, -0.05) is 19.1 Å². The van der Waals surface area contributed by atoms with Gasteiger partial charge in [0.15, 0.2) is 0 Å². The molecule has 0 aliphatic carbocycles. The van der Waals surface area contributed by atoms with E-state index in [0.29, 0.717) is 22.6 Å². The molecule has 0 spiro atoms. The Morgan fingerprint density at radius 2 is 1.89 bits per heavy atom. The van der Waals surface area contributed by atoms with Crippen molar-refractivity contribution in [3.63, 3.8) is 0 Å². The van der Waals surface area contributed by atoms with Gasteiger partial charge in [0.25, 0.3) is 5.91 Å². The first-order valence-corrected chi connectivity index (χ1v) is 11.2. The van der Waals surface area contributed by atoms with Crippen molar-refractivity contribution in [2.24, 2.45) is 0 Å². The summed E-state index contributed by atoms with van der Waals surface area (Å²) in [5, 5.41) is 32.3. The number of aliphatic hydroxyl groups is 2. The number of hydrogen-bond donors (Lipinski definition) is 4. The molecule has 0 radical (unpaired) electrons. The zero-order valence-corrected chi connectivity index (χ0v) is 19.6. The number of hydrogen-bond acceptors (Lipinski definition) is 7. The first-order chi connectivity index (χ1) is 16.8. The predicted molar refractivity (Wildman–Crippen MR) is 128 cm³/mol. The molecule has 3 aromatic rings. The summed E-state index contributed by atoms with van der Waals surface area (Å²) < 4.78 is 28.3. The summed E-state index contributed by atoms with van der Waals surface area (Å²) in [6.07, 6.45) is 0.393. The Hall–Kier alpha value is -3.50. The van der Waals surface area contributed by atoms with E-state index >= 15 is 0 Å². The van der Waals surface area contributed by atoms with Crippen LogP contribution >= 0.6 is 0 Å². The van der Waals surface area contributed by atoms with Crippen molar-refractivity contribution in [1.29, 1.82) is 0 Å². The Bertz CT molecular complexity index is 1130. The van der Waals surface area contributed by atoms with Crippen molar-refractivity contribution in [1.82, 2.24) is 20.5 Å². The summed E-state index contributed by atoms with van der Waals surface area (Å²) in [7, 11) is 0. The van der Waals surface area contributed by atoms with E-state index in [0.717, 1.165) is 0 Å². The SMILES string of the molecule is C[C@H](F)C[C@@](C)(CNc1ccc(-c2cccc(C(=O)NC(CO)CO)c2)nn1)c1ncccc1F. The fraction of sp³-hybridized carbons (Fsp3) is 0.360. The predicted octanol–water partition coefficient (Wildman–Crippen LogP) is 2.88. The van der Waals surface area contributed by atoms with Crippen LogP contribution in [-0.2, 0) is 5.41 Å². The molecule has 3 rings (SSSR count). The molecule has 1 amide bonds. The number of aromatic nitrogens is 3. The third-order valence-corrected chi connectivity index (χ3v) is 5.58. The van der Waals surface area contributed by atoms with Gasteiger partial charge in [-0.3, -0.25) is 9.78 Å². The van der Waals surface area contributed by atoms with Crippen molar-refractivity contribution in [2.45, 2.75) is 37.9 Å². The van der Waals surface area contributed by atoms with Crippen LogP contribution in [0.25, 0.3) is 11.3 Å². The van der Waals surface area contributed by atoms with E-state index in [1.807, 2.05) is 0 Å². The summed E-state index contributed by atoms with van der Waals surface area (Å²) in [6.45, 7) is 2.61. The summed E-state index contributed by atoms with van der Waals surface area (Å²) in [4.78, 5) is 16.5. The van der Waals surface area contributed by atoms with E-state index in [4.69, 9.17) is 10.2 Å². The average molecular weight is 486 g/mol. The Morgan fingerprint density at radius 3 is 2.51 bits per heavy atom. The minimum atomic E-state index is -1.16. The van der Waals surface area contributed by atoms with Gasteiger partial charge in [0.2, 0.25) is 0 Å². The molecule has 0 unspecified atom stereocenters. The molecule has 4 N–H and O–H groups in total. The summed E-state index contributed by atoms with van der Waals surface area (Å²) in [5.74, 6) is -0.508. The van der Waals surface area contributed by atoms with Crippen LogP contribution in [0.3, 0.4) is 0 Å². The maximum Gasteiger partial charge on any atom is 0.251 e. The molecule has 8 nitrogen and oxygen atoms in total. The van der Waals surface area contributed by atoms with Crippen LogP contribution < -0.4 is 10.6 Å². The first kappa shape index (κ1) is 26.1. The number of pyridine rings is 1. The summed E-state index contributed by atoms with van der Waals surface area (Å²) in [5.41, 5.74) is 0.769. The Kier molecular flexibility index (Phi) is 8.78. The van der Waals surface area contributed by atoms with Crippen LogP contribution in [0, 0.1) is 5.82 Å². The average Bonchev–Trinajstić information content (AvgIpc) is 2.86. The molecule has 0 fully saturated rings. The quantitative estimate of drug-likeness (QED) is 0.330. The van der Waals surface area contributed by atoms with E-state index in [-0.39, 0.29) is 31.9 Å². The van der Waals surface area contributed by atoms with Gasteiger partial charge in [-0.15, -0.1) is 10.2 Å². The van der Waals surface area contributed by atoms with Crippen LogP contribution in [0.2, 0.25) is 0 Å². The lowest BCUT2D eigenvalue weighted by molar-refractivity contribution is 0.0879. The highest BCUT2D eigenvalue weighted by atomic mass is 19.1. The standard InChI is InChI=1S/C25H29F2N5O3/c1-16(26)12-25(2,23-20(27)7-4-10-28-23)15-29-22-9-8-21(31-32-22)17-5-3-6-18(11-17)24(35)30-19(13-33)14-34/h3-11,16,19,33-34H,12-15H2,1-2H3,(H,29,32)(H,30,35)/t16-,25-/m0/s1. The summed E-state index contributed by atoms with van der Waals surface area (Å²) >= 11 is 0. The third-order valence-electron chi connectivity index (χ3n) is 5.58. The lowest BCUT2D eigenvalue weighted by Gasteiger charge is -2.30. The smallest absolute Gasteiger partial charge is 0.251 e. The van der Waals surface area contributed by atoms with E-state index in [1.165, 1.54) is 25.3 Å². The normalized spacial score (nSPS) is 13.8. The number of halogens is 2. The molecule has 35 heavy (non-hydrogen) atoms. The molecule has 0 saturated heterocycles. The molecule has 2 atom stereocenters. The molecule has 0 bridgehead atoms. The lowest BCUT2D eigenvalue weighted by Crippen LogP contribution is -2.40. The Morgan fingerprint density at radius 1 is 1.11 bits per heavy atom. The zero-order valence-electron chi connectivity index (χ0n) is 19.6. The monoisotopic (exact) mass is 485 g/mol. The fourth-order valence-electron chi connectivity index (χ4n) is 3.81. The topological polar surface area (TPSA) is 120 Å². The zero-order chi connectivity index (χ0) is 25.4. The molecule has 0 aliphatic heterocycles. The molecular formula is C25H29F2N5O3. The van der Waals surface area contributed by atoms with Gasteiger partial charge in [-0.25, -0.2) is 8.78 Å². The number of benzene rings is 1. The Balaban J connectivity index is 1.73. The van der Waals surface area contributed by atoms with Crippen LogP contribution in [0.15, 0.2) is 54.7 Å². The van der Waals surface area contributed by atoms with Gasteiger partial charge in [0, 0.05) is 29.3 Å². The number of carbonyl (C=O) groups is 1. The minimum Gasteiger partial charge on any atom is -0.394 e. The molecular weight excluding hydrogens is 456 g/mol. The largest absolute Gasteiger partial charge is 0.394 e. The van der Waals surface area contributed by atoms with Gasteiger partial charge in [0.1, 0.15) is 11.6 Å². The van der Waals surface area contributed by atoms with Crippen molar-refractivity contribution in [2.75, 3.05) is 25.1 Å². The van der Waals surface area contributed by atoms with Crippen molar-refractivity contribution >= 4 is 11.7 Å². The van der Waals surface area contributed by atoms with Gasteiger partial charge in [0.05, 0.1) is 36.8 Å². The number of alkyl halides is 1. The molecule has 0 aliphatic rings. The lowest BCUT2D eigenvalue weighted by atomic mass is 9.81. The molecule has 0 saturated carbocycles. The minimum absolute atomic E-state index is 0.0712. The Labute approximate surface area is 202 Å². The third kappa shape index (κ3) is 6.77. The number of aliphatic hydroxyl groups excluding tert-OH is 2. The number of anilines is 1. The fourth-order valence-corrected chi connectivity index (χ4v) is 3.81. The number of amides is 1. The van der Waals surface area contributed by atoms with Crippen LogP contribution in [0.1, 0.15) is 36.3 Å². The molecule has 1 aromatic carbocycles. The molecule has 10 heteroatoms. The summed E-state index contributed by atoms with van der Waals surface area (Å²) in [6, 6.07) is 12.2. The molecule has 186 valence electrons. The second-order valence-corrected chi connectivity index (χ2v) is 8.65. The highest BCUT2D eigenvalue weighted by Gasteiger charge is 2.33. The van der Waals surface area contributed by atoms with Crippen molar-refractivity contribution < 1.29 is 23.8 Å². The van der Waals surface area contributed by atoms with Crippen LogP contribution in [0.4, 0.5) is 14.6 Å². The second kappa shape index (κ2) is 11.8. The van der Waals surface area contributed by atoms with Gasteiger partial charge >= 0.3 is 0 Å². The number of nitrogens with zero attached hydrogens (tertiary/aromatic N) is 3. The molecule has 2 heterocycles. The van der Waals surface area contributed by atoms with Crippen molar-refractivity contribution in [3.05, 3.63) is 71.8 Å². The first-order valence-electron chi connectivity index (χ1n) is 11.2. The second-order valence-electron chi connectivity index (χ2n) is 8.65. The van der Waals surface area contributed by atoms with Crippen molar-refractivity contribution in [3.8, 4) is 11.3 Å². The molecule has 2 aromatic heterocycles. The number of rotatable bonds is 11.